The first-order chi connectivity index (χ1) is 14.5. The molecule has 0 aliphatic heterocycles. The zero-order valence-corrected chi connectivity index (χ0v) is 17.6. The van der Waals surface area contributed by atoms with Crippen molar-refractivity contribution in [3.05, 3.63) is 29.3 Å². The van der Waals surface area contributed by atoms with Crippen LogP contribution in [0, 0.1) is 29.6 Å². The second kappa shape index (κ2) is 8.52. The molecule has 0 saturated heterocycles. The van der Waals surface area contributed by atoms with Crippen molar-refractivity contribution in [3.8, 4) is 18.1 Å². The summed E-state index contributed by atoms with van der Waals surface area (Å²) in [6.45, 7) is 2.22. The van der Waals surface area contributed by atoms with Crippen molar-refractivity contribution in [2.24, 2.45) is 17.3 Å². The molecule has 1 aromatic carbocycles. The first-order valence-electron chi connectivity index (χ1n) is 10.7. The summed E-state index contributed by atoms with van der Waals surface area (Å²) in [6, 6.07) is 5.87. The Kier molecular flexibility index (Phi) is 6.35. The topological polar surface area (TPSA) is 135 Å². The number of carboxylic acids is 2. The van der Waals surface area contributed by atoms with E-state index in [2.05, 4.69) is 18.9 Å². The van der Waals surface area contributed by atoms with Gasteiger partial charge in [-0.3, -0.25) is 4.79 Å². The Hall–Kier alpha value is -2.56. The van der Waals surface area contributed by atoms with E-state index < -0.39 is 30.1 Å². The third-order valence-electron chi connectivity index (χ3n) is 7.75. The van der Waals surface area contributed by atoms with Gasteiger partial charge in [0.15, 0.2) is 6.10 Å². The zero-order chi connectivity index (χ0) is 23.0. The highest BCUT2D eigenvalue weighted by Crippen LogP contribution is 2.64. The van der Waals surface area contributed by atoms with Crippen LogP contribution >= 0.6 is 0 Å². The molecule has 0 heterocycles. The van der Waals surface area contributed by atoms with Crippen molar-refractivity contribution < 1.29 is 35.1 Å². The van der Waals surface area contributed by atoms with Gasteiger partial charge in [0.05, 0.1) is 6.42 Å². The molecule has 7 nitrogen and oxygen atoms in total. The molecule has 3 aliphatic carbocycles. The standard InChI is InChI=1S/C20H24O2.C4H6O5/c1-3-20(22)11-9-18-17-6-4-13-12-14(21)5-7-15(13)16(17)8-10-19(18,20)2;5-2(4(8)9)1-3(6)7/h1,5,7,12,16-18,21-22H,4,6,8-11H2,2H3;2,5H,1H2,(H,6,7)(H,8,9)/t16-,17-,18+,19+,20+;/m1./s1. The highest BCUT2D eigenvalue weighted by Gasteiger charge is 2.61. The maximum atomic E-state index is 10.9. The first kappa shape index (κ1) is 23.1. The summed E-state index contributed by atoms with van der Waals surface area (Å²) in [5, 5.41) is 44.8. The van der Waals surface area contributed by atoms with Crippen LogP contribution in [0.25, 0.3) is 0 Å². The van der Waals surface area contributed by atoms with Crippen LogP contribution in [0.15, 0.2) is 18.2 Å². The predicted molar refractivity (Wildman–Crippen MR) is 112 cm³/mol. The number of phenols is 1. The molecule has 2 saturated carbocycles. The molecule has 31 heavy (non-hydrogen) atoms. The number of aliphatic hydroxyl groups is 2. The van der Waals surface area contributed by atoms with Gasteiger partial charge in [-0.15, -0.1) is 6.42 Å². The number of carbonyl (C=O) groups is 2. The van der Waals surface area contributed by atoms with Crippen molar-refractivity contribution >= 4 is 11.9 Å². The number of carboxylic acid groups (broad SMARTS) is 2. The van der Waals surface area contributed by atoms with E-state index in [1.807, 2.05) is 12.1 Å². The Bertz CT molecular complexity index is 904. The summed E-state index contributed by atoms with van der Waals surface area (Å²) in [5.74, 6) is 1.97. The van der Waals surface area contributed by atoms with Gasteiger partial charge in [0.2, 0.25) is 0 Å². The van der Waals surface area contributed by atoms with Gasteiger partial charge < -0.3 is 25.5 Å². The molecule has 5 N–H and O–H groups in total. The van der Waals surface area contributed by atoms with Crippen LogP contribution < -0.4 is 0 Å². The van der Waals surface area contributed by atoms with E-state index in [4.69, 9.17) is 21.7 Å². The minimum absolute atomic E-state index is 0.128. The number of aryl methyl sites for hydroxylation is 1. The van der Waals surface area contributed by atoms with E-state index in [0.29, 0.717) is 23.5 Å². The summed E-state index contributed by atoms with van der Waals surface area (Å²) in [6.07, 6.45) is 9.23. The van der Waals surface area contributed by atoms with Crippen LogP contribution in [0.3, 0.4) is 0 Å². The van der Waals surface area contributed by atoms with Crippen molar-refractivity contribution in [2.75, 3.05) is 0 Å². The Labute approximate surface area is 181 Å². The summed E-state index contributed by atoms with van der Waals surface area (Å²) in [5.41, 5.74) is 1.69. The van der Waals surface area contributed by atoms with Crippen LogP contribution in [-0.4, -0.2) is 49.2 Å². The molecular weight excluding hydrogens is 400 g/mol. The summed E-state index contributed by atoms with van der Waals surface area (Å²) in [4.78, 5) is 19.4. The van der Waals surface area contributed by atoms with Gasteiger partial charge in [0.1, 0.15) is 11.4 Å². The second-order valence-electron chi connectivity index (χ2n) is 9.25. The third-order valence-corrected chi connectivity index (χ3v) is 7.75. The normalized spacial score (nSPS) is 34.1. The predicted octanol–water partition coefficient (Wildman–Crippen LogP) is 2.52. The first-order valence-corrected chi connectivity index (χ1v) is 10.7. The van der Waals surface area contributed by atoms with Gasteiger partial charge in [-0.1, -0.05) is 18.9 Å². The fraction of sp³-hybridized carbons (Fsp3) is 0.583. The molecule has 0 amide bonds. The lowest BCUT2D eigenvalue weighted by Gasteiger charge is -2.52. The Morgan fingerprint density at radius 2 is 1.94 bits per heavy atom. The molecule has 6 atom stereocenters. The number of aromatic hydroxyl groups is 1. The van der Waals surface area contributed by atoms with E-state index >= 15 is 0 Å². The summed E-state index contributed by atoms with van der Waals surface area (Å²) >= 11 is 0. The molecule has 7 heteroatoms. The molecule has 168 valence electrons. The van der Waals surface area contributed by atoms with Gasteiger partial charge in [-0.2, -0.15) is 0 Å². The minimum atomic E-state index is -1.79. The number of hydrogen-bond acceptors (Lipinski definition) is 5. The van der Waals surface area contributed by atoms with E-state index in [0.717, 1.165) is 38.5 Å². The number of aliphatic carboxylic acids is 2. The maximum absolute atomic E-state index is 10.9. The minimum Gasteiger partial charge on any atom is -0.508 e. The molecular formula is C24H30O7. The average molecular weight is 430 g/mol. The Morgan fingerprint density at radius 1 is 1.23 bits per heavy atom. The number of phenolic OH excluding ortho intramolecular Hbond substituents is 1. The number of terminal acetylenes is 1. The molecule has 2 fully saturated rings. The maximum Gasteiger partial charge on any atom is 0.333 e. The number of fused-ring (bicyclic) bond motifs is 5. The number of aliphatic hydroxyl groups excluding tert-OH is 1. The van der Waals surface area contributed by atoms with Gasteiger partial charge >= 0.3 is 11.9 Å². The van der Waals surface area contributed by atoms with E-state index in [9.17, 15) is 19.8 Å². The molecule has 0 spiro atoms. The van der Waals surface area contributed by atoms with Crippen molar-refractivity contribution in [2.45, 2.75) is 69.5 Å². The van der Waals surface area contributed by atoms with Crippen LogP contribution in [0.5, 0.6) is 5.75 Å². The molecule has 4 rings (SSSR count). The van der Waals surface area contributed by atoms with E-state index in [1.165, 1.54) is 11.1 Å². The highest BCUT2D eigenvalue weighted by molar-refractivity contribution is 5.79. The zero-order valence-electron chi connectivity index (χ0n) is 17.6. The van der Waals surface area contributed by atoms with Crippen LogP contribution in [0.1, 0.15) is 62.5 Å². The van der Waals surface area contributed by atoms with Gasteiger partial charge in [-0.25, -0.2) is 4.79 Å². The molecule has 0 radical (unpaired) electrons. The average Bonchev–Trinajstić information content (AvgIpc) is 2.99. The number of benzene rings is 1. The lowest BCUT2D eigenvalue weighted by molar-refractivity contribution is -0.152. The monoisotopic (exact) mass is 430 g/mol. The Balaban J connectivity index is 0.000000259. The van der Waals surface area contributed by atoms with Crippen molar-refractivity contribution in [1.82, 2.24) is 0 Å². The smallest absolute Gasteiger partial charge is 0.333 e. The van der Waals surface area contributed by atoms with Gasteiger partial charge in [-0.05, 0) is 79.5 Å². The van der Waals surface area contributed by atoms with Crippen molar-refractivity contribution in [3.63, 3.8) is 0 Å². The highest BCUT2D eigenvalue weighted by atomic mass is 16.4. The number of rotatable bonds is 3. The van der Waals surface area contributed by atoms with Crippen LogP contribution in [0.4, 0.5) is 0 Å². The largest absolute Gasteiger partial charge is 0.508 e. The second-order valence-corrected chi connectivity index (χ2v) is 9.25. The lowest BCUT2D eigenvalue weighted by atomic mass is 9.53. The SMILES string of the molecule is C#C[C@]1(O)CC[C@H]2[C@@H]3CCc4cc(O)ccc4[C@H]3CC[C@@]21C.O=C(O)CC(O)C(=O)O. The fourth-order valence-electron chi connectivity index (χ4n) is 6.07. The third kappa shape index (κ3) is 4.15. The number of hydrogen-bond donors (Lipinski definition) is 5. The Morgan fingerprint density at radius 3 is 2.52 bits per heavy atom. The molecule has 1 unspecified atom stereocenters. The van der Waals surface area contributed by atoms with Gasteiger partial charge in [0, 0.05) is 5.41 Å². The lowest BCUT2D eigenvalue weighted by Crippen LogP contribution is -2.50. The summed E-state index contributed by atoms with van der Waals surface area (Å²) < 4.78 is 0. The quantitative estimate of drug-likeness (QED) is 0.465. The van der Waals surface area contributed by atoms with E-state index in [1.54, 1.807) is 0 Å². The molecule has 1 aromatic rings. The van der Waals surface area contributed by atoms with E-state index in [-0.39, 0.29) is 5.41 Å². The molecule has 3 aliphatic rings. The fourth-order valence-corrected chi connectivity index (χ4v) is 6.07. The molecule has 0 bridgehead atoms. The van der Waals surface area contributed by atoms with Gasteiger partial charge in [0.25, 0.3) is 0 Å². The van der Waals surface area contributed by atoms with Crippen LogP contribution in [-0.2, 0) is 16.0 Å². The molecule has 0 aromatic heterocycles. The van der Waals surface area contributed by atoms with Crippen LogP contribution in [0.2, 0.25) is 0 Å². The summed E-state index contributed by atoms with van der Waals surface area (Å²) in [7, 11) is 0. The van der Waals surface area contributed by atoms with Crippen molar-refractivity contribution in [1.29, 1.82) is 0 Å².